The molecule has 0 amide bonds. The molecule has 1 aromatic rings. The molecule has 0 radical (unpaired) electrons. The molecule has 0 aliphatic carbocycles. The standard InChI is InChI=1S/C14H26N2O/c1-4-7-10-12-13(9-6-3)15-16(14(12)17)11-8-5-2/h17H,4-11H2,1-3H3. The smallest absolute Gasteiger partial charge is 0.212 e. The molecule has 0 fully saturated rings. The van der Waals surface area contributed by atoms with Crippen molar-refractivity contribution in [2.45, 2.75) is 72.3 Å². The van der Waals surface area contributed by atoms with Crippen LogP contribution in [-0.2, 0) is 19.4 Å². The maximum absolute atomic E-state index is 10.2. The van der Waals surface area contributed by atoms with Crippen LogP contribution in [0.3, 0.4) is 0 Å². The van der Waals surface area contributed by atoms with Crippen LogP contribution in [0, 0.1) is 0 Å². The molecule has 0 unspecified atom stereocenters. The third kappa shape index (κ3) is 3.76. The predicted octanol–water partition coefficient (Wildman–Crippen LogP) is 3.68. The molecule has 1 aromatic heterocycles. The second kappa shape index (κ2) is 7.36. The summed E-state index contributed by atoms with van der Waals surface area (Å²) in [4.78, 5) is 0. The third-order valence-electron chi connectivity index (χ3n) is 3.09. The Hall–Kier alpha value is -0.990. The third-order valence-corrected chi connectivity index (χ3v) is 3.09. The van der Waals surface area contributed by atoms with Crippen molar-refractivity contribution in [3.8, 4) is 5.88 Å². The van der Waals surface area contributed by atoms with E-state index in [0.717, 1.165) is 62.7 Å². The van der Waals surface area contributed by atoms with Crippen molar-refractivity contribution < 1.29 is 5.11 Å². The lowest BCUT2D eigenvalue weighted by Crippen LogP contribution is -2.00. The molecule has 3 heteroatoms. The van der Waals surface area contributed by atoms with E-state index in [1.54, 1.807) is 4.68 Å². The zero-order valence-electron chi connectivity index (χ0n) is 11.5. The average molecular weight is 238 g/mol. The van der Waals surface area contributed by atoms with E-state index in [2.05, 4.69) is 25.9 Å². The lowest BCUT2D eigenvalue weighted by atomic mass is 10.1. The molecule has 17 heavy (non-hydrogen) atoms. The second-order valence-electron chi connectivity index (χ2n) is 4.68. The van der Waals surface area contributed by atoms with Gasteiger partial charge in [-0.05, 0) is 25.7 Å². The number of aryl methyl sites for hydroxylation is 2. The molecule has 0 spiro atoms. The van der Waals surface area contributed by atoms with Gasteiger partial charge in [0.05, 0.1) is 5.69 Å². The van der Waals surface area contributed by atoms with E-state index in [0.29, 0.717) is 5.88 Å². The van der Waals surface area contributed by atoms with Crippen LogP contribution in [0.5, 0.6) is 5.88 Å². The van der Waals surface area contributed by atoms with Crippen molar-refractivity contribution >= 4 is 0 Å². The van der Waals surface area contributed by atoms with Crippen LogP contribution >= 0.6 is 0 Å². The molecule has 98 valence electrons. The summed E-state index contributed by atoms with van der Waals surface area (Å²) < 4.78 is 1.79. The van der Waals surface area contributed by atoms with Gasteiger partial charge in [0.1, 0.15) is 0 Å². The summed E-state index contributed by atoms with van der Waals surface area (Å²) in [5.41, 5.74) is 2.19. The zero-order chi connectivity index (χ0) is 12.7. The summed E-state index contributed by atoms with van der Waals surface area (Å²) in [7, 11) is 0. The fourth-order valence-electron chi connectivity index (χ4n) is 2.05. The van der Waals surface area contributed by atoms with Gasteiger partial charge in [0, 0.05) is 12.1 Å². The first-order chi connectivity index (χ1) is 8.24. The highest BCUT2D eigenvalue weighted by Crippen LogP contribution is 2.24. The van der Waals surface area contributed by atoms with Gasteiger partial charge in [0.15, 0.2) is 0 Å². The van der Waals surface area contributed by atoms with Crippen molar-refractivity contribution in [2.24, 2.45) is 0 Å². The predicted molar refractivity (Wildman–Crippen MR) is 71.4 cm³/mol. The minimum atomic E-state index is 0.412. The van der Waals surface area contributed by atoms with Crippen LogP contribution in [0.4, 0.5) is 0 Å². The Bertz CT molecular complexity index is 331. The summed E-state index contributed by atoms with van der Waals surface area (Å²) >= 11 is 0. The molecule has 0 aromatic carbocycles. The fourth-order valence-corrected chi connectivity index (χ4v) is 2.05. The minimum Gasteiger partial charge on any atom is -0.493 e. The normalized spacial score (nSPS) is 11.0. The van der Waals surface area contributed by atoms with Crippen LogP contribution in [-0.4, -0.2) is 14.9 Å². The molecule has 3 nitrogen and oxygen atoms in total. The van der Waals surface area contributed by atoms with Gasteiger partial charge in [-0.3, -0.25) is 0 Å². The molecule has 0 saturated carbocycles. The van der Waals surface area contributed by atoms with Gasteiger partial charge in [0.2, 0.25) is 5.88 Å². The first-order valence-electron chi connectivity index (χ1n) is 7.02. The van der Waals surface area contributed by atoms with E-state index in [9.17, 15) is 5.11 Å². The maximum atomic E-state index is 10.2. The Kier molecular flexibility index (Phi) is 6.09. The summed E-state index contributed by atoms with van der Waals surface area (Å²) in [5.74, 6) is 0.412. The zero-order valence-corrected chi connectivity index (χ0v) is 11.5. The van der Waals surface area contributed by atoms with Crippen molar-refractivity contribution in [3.05, 3.63) is 11.3 Å². The Morgan fingerprint density at radius 3 is 2.29 bits per heavy atom. The van der Waals surface area contributed by atoms with E-state index >= 15 is 0 Å². The number of rotatable bonds is 8. The molecule has 0 saturated heterocycles. The summed E-state index contributed by atoms with van der Waals surface area (Å²) in [6.07, 6.45) is 7.52. The molecule has 1 heterocycles. The van der Waals surface area contributed by atoms with Crippen LogP contribution in [0.25, 0.3) is 0 Å². The van der Waals surface area contributed by atoms with Gasteiger partial charge in [-0.2, -0.15) is 5.10 Å². The van der Waals surface area contributed by atoms with Gasteiger partial charge < -0.3 is 5.11 Å². The number of nitrogens with zero attached hydrogens (tertiary/aromatic N) is 2. The molecule has 0 aliphatic rings. The molecule has 0 bridgehead atoms. The van der Waals surface area contributed by atoms with Crippen molar-refractivity contribution in [3.63, 3.8) is 0 Å². The van der Waals surface area contributed by atoms with Gasteiger partial charge in [-0.1, -0.05) is 40.0 Å². The van der Waals surface area contributed by atoms with Gasteiger partial charge >= 0.3 is 0 Å². The molecular formula is C14H26N2O. The summed E-state index contributed by atoms with van der Waals surface area (Å²) in [5, 5.41) is 14.7. The minimum absolute atomic E-state index is 0.412. The van der Waals surface area contributed by atoms with Crippen molar-refractivity contribution in [1.29, 1.82) is 0 Å². The van der Waals surface area contributed by atoms with E-state index in [1.165, 1.54) is 0 Å². The van der Waals surface area contributed by atoms with Gasteiger partial charge in [-0.25, -0.2) is 4.68 Å². The number of aromatic nitrogens is 2. The first-order valence-corrected chi connectivity index (χ1v) is 7.02. The maximum Gasteiger partial charge on any atom is 0.212 e. The van der Waals surface area contributed by atoms with E-state index in [1.807, 2.05) is 0 Å². The van der Waals surface area contributed by atoms with Crippen molar-refractivity contribution in [2.75, 3.05) is 0 Å². The Balaban J connectivity index is 2.85. The van der Waals surface area contributed by atoms with Crippen LogP contribution in [0.15, 0.2) is 0 Å². The van der Waals surface area contributed by atoms with E-state index in [4.69, 9.17) is 0 Å². The van der Waals surface area contributed by atoms with E-state index < -0.39 is 0 Å². The van der Waals surface area contributed by atoms with Crippen molar-refractivity contribution in [1.82, 2.24) is 9.78 Å². The van der Waals surface area contributed by atoms with Gasteiger partial charge in [0.25, 0.3) is 0 Å². The summed E-state index contributed by atoms with van der Waals surface area (Å²) in [6, 6.07) is 0. The van der Waals surface area contributed by atoms with Crippen LogP contribution in [0.1, 0.15) is 64.1 Å². The first kappa shape index (κ1) is 14.1. The van der Waals surface area contributed by atoms with Crippen LogP contribution < -0.4 is 0 Å². The van der Waals surface area contributed by atoms with Crippen LogP contribution in [0.2, 0.25) is 0 Å². The topological polar surface area (TPSA) is 38.0 Å². The second-order valence-corrected chi connectivity index (χ2v) is 4.68. The lowest BCUT2D eigenvalue weighted by Gasteiger charge is -2.02. The molecule has 0 atom stereocenters. The highest BCUT2D eigenvalue weighted by molar-refractivity contribution is 5.31. The Morgan fingerprint density at radius 1 is 1.00 bits per heavy atom. The number of hydrogen-bond donors (Lipinski definition) is 1. The quantitative estimate of drug-likeness (QED) is 0.750. The fraction of sp³-hybridized carbons (Fsp3) is 0.786. The molecule has 1 rings (SSSR count). The Labute approximate surface area is 105 Å². The molecule has 0 aliphatic heterocycles. The largest absolute Gasteiger partial charge is 0.493 e. The SMILES string of the molecule is CCCCc1c(CCC)nn(CCCC)c1O. The number of hydrogen-bond acceptors (Lipinski definition) is 2. The lowest BCUT2D eigenvalue weighted by molar-refractivity contribution is 0.388. The number of unbranched alkanes of at least 4 members (excludes halogenated alkanes) is 2. The number of aromatic hydroxyl groups is 1. The Morgan fingerprint density at radius 2 is 1.71 bits per heavy atom. The average Bonchev–Trinajstić information content (AvgIpc) is 2.61. The highest BCUT2D eigenvalue weighted by Gasteiger charge is 2.15. The summed E-state index contributed by atoms with van der Waals surface area (Å²) in [6.45, 7) is 7.33. The molecular weight excluding hydrogens is 212 g/mol. The van der Waals surface area contributed by atoms with E-state index in [-0.39, 0.29) is 0 Å². The van der Waals surface area contributed by atoms with Gasteiger partial charge in [-0.15, -0.1) is 0 Å². The molecule has 1 N–H and O–H groups in total. The highest BCUT2D eigenvalue weighted by atomic mass is 16.3. The monoisotopic (exact) mass is 238 g/mol.